The monoisotopic (exact) mass is 333 g/mol. The lowest BCUT2D eigenvalue weighted by atomic mass is 10.2. The molecule has 1 aromatic carbocycles. The van der Waals surface area contributed by atoms with E-state index < -0.39 is 0 Å². The van der Waals surface area contributed by atoms with Crippen molar-refractivity contribution in [3.63, 3.8) is 0 Å². The fourth-order valence-corrected chi connectivity index (χ4v) is 2.49. The fourth-order valence-electron chi connectivity index (χ4n) is 2.03. The Morgan fingerprint density at radius 3 is 2.45 bits per heavy atom. The topological polar surface area (TPSA) is 48.7 Å². The fraction of sp³-hybridized carbons (Fsp3) is 0.143. The van der Waals surface area contributed by atoms with Gasteiger partial charge >= 0.3 is 0 Å². The predicted octanol–water partition coefficient (Wildman–Crippen LogP) is 3.18. The number of halogens is 1. The van der Waals surface area contributed by atoms with Gasteiger partial charge in [0.2, 0.25) is 0 Å². The highest BCUT2D eigenvalue weighted by atomic mass is 79.9. The van der Waals surface area contributed by atoms with E-state index in [9.17, 15) is 0 Å². The first-order valence-electron chi connectivity index (χ1n) is 5.95. The van der Waals surface area contributed by atoms with E-state index in [4.69, 9.17) is 9.47 Å². The molecule has 0 N–H and O–H groups in total. The molecule has 0 aliphatic carbocycles. The van der Waals surface area contributed by atoms with Crippen molar-refractivity contribution in [3.05, 3.63) is 41.3 Å². The Morgan fingerprint density at radius 1 is 1.10 bits per heavy atom. The van der Waals surface area contributed by atoms with E-state index in [-0.39, 0.29) is 0 Å². The first-order valence-corrected chi connectivity index (χ1v) is 6.74. The van der Waals surface area contributed by atoms with Crippen LogP contribution >= 0.6 is 15.9 Å². The number of nitrogens with zero attached hydrogens (tertiary/aromatic N) is 3. The summed E-state index contributed by atoms with van der Waals surface area (Å²) in [7, 11) is 3.25. The van der Waals surface area contributed by atoms with E-state index in [1.807, 2.05) is 34.9 Å². The first kappa shape index (κ1) is 12.9. The van der Waals surface area contributed by atoms with E-state index in [2.05, 4.69) is 25.9 Å². The Bertz CT molecular complexity index is 748. The third kappa shape index (κ3) is 2.12. The van der Waals surface area contributed by atoms with Crippen molar-refractivity contribution in [3.8, 4) is 22.9 Å². The summed E-state index contributed by atoms with van der Waals surface area (Å²) in [4.78, 5) is 8.82. The van der Waals surface area contributed by atoms with Crippen LogP contribution < -0.4 is 9.47 Å². The maximum absolute atomic E-state index is 5.29. The second-order valence-electron chi connectivity index (χ2n) is 4.14. The highest BCUT2D eigenvalue weighted by molar-refractivity contribution is 9.10. The second-order valence-corrected chi connectivity index (χ2v) is 4.89. The van der Waals surface area contributed by atoms with Crippen LogP contribution in [0.15, 0.2) is 41.3 Å². The van der Waals surface area contributed by atoms with Gasteiger partial charge in [-0.15, -0.1) is 0 Å². The molecule has 0 saturated heterocycles. The van der Waals surface area contributed by atoms with E-state index in [0.29, 0.717) is 4.60 Å². The molecule has 3 rings (SSSR count). The van der Waals surface area contributed by atoms with Gasteiger partial charge in [-0.3, -0.25) is 4.40 Å². The number of rotatable bonds is 3. The van der Waals surface area contributed by atoms with Crippen molar-refractivity contribution in [2.75, 3.05) is 14.2 Å². The van der Waals surface area contributed by atoms with Crippen molar-refractivity contribution in [2.45, 2.75) is 0 Å². The summed E-state index contributed by atoms with van der Waals surface area (Å²) in [5, 5.41) is 0. The van der Waals surface area contributed by atoms with Gasteiger partial charge in [0.25, 0.3) is 0 Å². The molecule has 0 amide bonds. The number of ether oxygens (including phenoxy) is 2. The minimum absolute atomic E-state index is 0.704. The molecule has 20 heavy (non-hydrogen) atoms. The van der Waals surface area contributed by atoms with E-state index in [1.54, 1.807) is 20.4 Å². The molecular formula is C14H12BrN3O2. The average Bonchev–Trinajstić information content (AvgIpc) is 2.84. The number of fused-ring (bicyclic) bond motifs is 1. The Balaban J connectivity index is 2.25. The van der Waals surface area contributed by atoms with Gasteiger partial charge in [0.1, 0.15) is 17.3 Å². The van der Waals surface area contributed by atoms with Crippen LogP contribution in [0.3, 0.4) is 0 Å². The minimum Gasteiger partial charge on any atom is -0.497 e. The van der Waals surface area contributed by atoms with Gasteiger partial charge in [0.05, 0.1) is 14.2 Å². The van der Waals surface area contributed by atoms with Crippen molar-refractivity contribution >= 4 is 21.6 Å². The standard InChI is InChI=1S/C14H12BrN3O2/c1-19-10-6-9(7-11(8-10)20-2)13-17-12(15)14-16-4-3-5-18(13)14/h3-8H,1-2H3. The van der Waals surface area contributed by atoms with Gasteiger partial charge in [-0.2, -0.15) is 0 Å². The van der Waals surface area contributed by atoms with E-state index in [0.717, 1.165) is 28.5 Å². The van der Waals surface area contributed by atoms with Crippen molar-refractivity contribution in [1.82, 2.24) is 14.4 Å². The number of imidazole rings is 1. The molecule has 2 aromatic heterocycles. The van der Waals surface area contributed by atoms with Gasteiger partial charge in [-0.1, -0.05) is 0 Å². The number of hydrogen-bond donors (Lipinski definition) is 0. The van der Waals surface area contributed by atoms with E-state index in [1.165, 1.54) is 0 Å². The normalized spacial score (nSPS) is 10.8. The zero-order valence-corrected chi connectivity index (χ0v) is 12.6. The quantitative estimate of drug-likeness (QED) is 0.738. The van der Waals surface area contributed by atoms with Gasteiger partial charge in [-0.05, 0) is 34.1 Å². The highest BCUT2D eigenvalue weighted by Gasteiger charge is 2.13. The van der Waals surface area contributed by atoms with Gasteiger partial charge in [-0.25, -0.2) is 9.97 Å². The summed E-state index contributed by atoms with van der Waals surface area (Å²) in [5.41, 5.74) is 1.67. The van der Waals surface area contributed by atoms with Crippen LogP contribution in [-0.4, -0.2) is 28.6 Å². The van der Waals surface area contributed by atoms with Gasteiger partial charge < -0.3 is 9.47 Å². The zero-order valence-electron chi connectivity index (χ0n) is 11.0. The molecule has 0 bridgehead atoms. The van der Waals surface area contributed by atoms with Crippen LogP contribution in [0.4, 0.5) is 0 Å². The van der Waals surface area contributed by atoms with Crippen LogP contribution in [-0.2, 0) is 0 Å². The number of methoxy groups -OCH3 is 2. The lowest BCUT2D eigenvalue weighted by Crippen LogP contribution is -1.93. The molecule has 5 nitrogen and oxygen atoms in total. The molecule has 0 aliphatic rings. The van der Waals surface area contributed by atoms with Crippen LogP contribution in [0.2, 0.25) is 0 Å². The van der Waals surface area contributed by atoms with Crippen LogP contribution in [0.1, 0.15) is 0 Å². The smallest absolute Gasteiger partial charge is 0.171 e. The SMILES string of the molecule is COc1cc(OC)cc(-c2nc(Br)c3ncccn23)c1. The van der Waals surface area contributed by atoms with E-state index >= 15 is 0 Å². The number of aromatic nitrogens is 3. The third-order valence-electron chi connectivity index (χ3n) is 2.97. The van der Waals surface area contributed by atoms with Crippen molar-refractivity contribution in [1.29, 1.82) is 0 Å². The largest absolute Gasteiger partial charge is 0.497 e. The molecule has 0 saturated carbocycles. The van der Waals surface area contributed by atoms with Crippen molar-refractivity contribution < 1.29 is 9.47 Å². The Kier molecular flexibility index (Phi) is 3.31. The molecule has 102 valence electrons. The van der Waals surface area contributed by atoms with Crippen LogP contribution in [0.25, 0.3) is 17.0 Å². The summed E-state index contributed by atoms with van der Waals surface area (Å²) >= 11 is 3.43. The molecule has 0 aliphatic heterocycles. The molecule has 2 heterocycles. The Morgan fingerprint density at radius 2 is 1.80 bits per heavy atom. The molecular weight excluding hydrogens is 322 g/mol. The molecule has 0 unspecified atom stereocenters. The first-order chi connectivity index (χ1) is 9.72. The molecule has 3 aromatic rings. The van der Waals surface area contributed by atoms with Crippen LogP contribution in [0, 0.1) is 0 Å². The summed E-state index contributed by atoms with van der Waals surface area (Å²) in [5.74, 6) is 2.21. The molecule has 0 spiro atoms. The predicted molar refractivity (Wildman–Crippen MR) is 79.2 cm³/mol. The lowest BCUT2D eigenvalue weighted by Gasteiger charge is -2.07. The summed E-state index contributed by atoms with van der Waals surface area (Å²) in [6, 6.07) is 7.52. The second kappa shape index (κ2) is 5.13. The van der Waals surface area contributed by atoms with Gasteiger partial charge in [0.15, 0.2) is 10.3 Å². The number of hydrogen-bond acceptors (Lipinski definition) is 4. The maximum Gasteiger partial charge on any atom is 0.171 e. The van der Waals surface area contributed by atoms with Crippen molar-refractivity contribution in [2.24, 2.45) is 0 Å². The summed E-state index contributed by atoms with van der Waals surface area (Å²) in [6.45, 7) is 0. The lowest BCUT2D eigenvalue weighted by molar-refractivity contribution is 0.394. The maximum atomic E-state index is 5.29. The molecule has 0 radical (unpaired) electrons. The molecule has 0 atom stereocenters. The molecule has 0 fully saturated rings. The zero-order chi connectivity index (χ0) is 14.1. The van der Waals surface area contributed by atoms with Crippen LogP contribution in [0.5, 0.6) is 11.5 Å². The Hall–Kier alpha value is -2.08. The molecule has 6 heteroatoms. The average molecular weight is 334 g/mol. The third-order valence-corrected chi connectivity index (χ3v) is 3.50. The summed E-state index contributed by atoms with van der Waals surface area (Å²) < 4.78 is 13.2. The number of benzene rings is 1. The minimum atomic E-state index is 0.704. The Labute approximate surface area is 124 Å². The summed E-state index contributed by atoms with van der Waals surface area (Å²) in [6.07, 6.45) is 3.65. The highest BCUT2D eigenvalue weighted by Crippen LogP contribution is 2.31. The van der Waals surface area contributed by atoms with Gasteiger partial charge in [0, 0.05) is 24.0 Å².